The average molecular weight is 307 g/mol. The van der Waals surface area contributed by atoms with E-state index >= 15 is 0 Å². The number of rotatable bonds is 0. The third-order valence-electron chi connectivity index (χ3n) is 8.53. The van der Waals surface area contributed by atoms with Crippen LogP contribution in [-0.4, -0.2) is 0 Å². The molecular formula is C22H42. The van der Waals surface area contributed by atoms with Crippen molar-refractivity contribution in [1.29, 1.82) is 0 Å². The van der Waals surface area contributed by atoms with Crippen LogP contribution in [0.2, 0.25) is 0 Å². The van der Waals surface area contributed by atoms with Crippen molar-refractivity contribution in [3.05, 3.63) is 0 Å². The van der Waals surface area contributed by atoms with Crippen LogP contribution in [-0.2, 0) is 0 Å². The molecule has 0 aromatic carbocycles. The molecule has 0 N–H and O–H groups in total. The average Bonchev–Trinajstić information content (AvgIpc) is 3.13. The minimum atomic E-state index is 0.622. The van der Waals surface area contributed by atoms with E-state index in [1.165, 1.54) is 44.9 Å². The predicted octanol–water partition coefficient (Wildman–Crippen LogP) is 7.33. The van der Waals surface area contributed by atoms with Crippen LogP contribution < -0.4 is 0 Å². The number of hydrogen-bond acceptors (Lipinski definition) is 0. The van der Waals surface area contributed by atoms with E-state index in [0.717, 1.165) is 23.7 Å². The van der Waals surface area contributed by atoms with Crippen LogP contribution in [0.5, 0.6) is 0 Å². The second-order valence-corrected chi connectivity index (χ2v) is 9.63. The van der Waals surface area contributed by atoms with Crippen LogP contribution in [0, 0.1) is 39.9 Å². The van der Waals surface area contributed by atoms with Gasteiger partial charge >= 0.3 is 0 Å². The van der Waals surface area contributed by atoms with Crippen molar-refractivity contribution < 1.29 is 0 Å². The molecule has 22 heavy (non-hydrogen) atoms. The molecule has 5 unspecified atom stereocenters. The van der Waals surface area contributed by atoms with Crippen molar-refractivity contribution in [1.82, 2.24) is 0 Å². The number of hydrogen-bond donors (Lipinski definition) is 0. The third kappa shape index (κ3) is 2.48. The lowest BCUT2D eigenvalue weighted by atomic mass is 9.54. The first kappa shape index (κ1) is 18.3. The molecule has 3 aliphatic carbocycles. The fourth-order valence-corrected chi connectivity index (χ4v) is 7.08. The van der Waals surface area contributed by atoms with Crippen molar-refractivity contribution in [2.45, 2.75) is 100 Å². The molecule has 0 saturated heterocycles. The van der Waals surface area contributed by atoms with Gasteiger partial charge in [0.15, 0.2) is 0 Å². The Kier molecular flexibility index (Phi) is 5.12. The highest BCUT2D eigenvalue weighted by atomic mass is 14.8. The second kappa shape index (κ2) is 6.14. The highest BCUT2D eigenvalue weighted by Gasteiger charge is 2.75. The summed E-state index contributed by atoms with van der Waals surface area (Å²) in [6.45, 7) is 19.5. The summed E-state index contributed by atoms with van der Waals surface area (Å²) in [5.74, 6) is 3.66. The standard InChI is InChI=1S/C20H36.C2H6/c1-14-8-9-15(2)16(3)17(4)20-13-19(20,6)11-7-10-18(20,5)12-14;1-2/h14-17H,7-13H2,1-6H3;1-2H3/t14?,15?,16?,17-,18-,19?,20?;/m1./s1. The third-order valence-corrected chi connectivity index (χ3v) is 8.53. The lowest BCUT2D eigenvalue weighted by molar-refractivity contribution is -0.0222. The molecule has 3 fully saturated rings. The van der Waals surface area contributed by atoms with E-state index < -0.39 is 0 Å². The van der Waals surface area contributed by atoms with Gasteiger partial charge in [0.1, 0.15) is 0 Å². The van der Waals surface area contributed by atoms with Gasteiger partial charge in [-0.1, -0.05) is 74.7 Å². The van der Waals surface area contributed by atoms with Crippen molar-refractivity contribution in [3.8, 4) is 0 Å². The molecule has 130 valence electrons. The molecule has 0 aromatic rings. The quantitative estimate of drug-likeness (QED) is 0.439. The van der Waals surface area contributed by atoms with Crippen molar-refractivity contribution in [2.75, 3.05) is 0 Å². The van der Waals surface area contributed by atoms with Gasteiger partial charge in [0.2, 0.25) is 0 Å². The van der Waals surface area contributed by atoms with Crippen molar-refractivity contribution >= 4 is 0 Å². The molecular weight excluding hydrogens is 264 g/mol. The zero-order chi connectivity index (χ0) is 16.8. The first-order valence-electron chi connectivity index (χ1n) is 10.3. The SMILES string of the molecule is CC.CC1CCC(C)C(C)[C@@H](C)C23CC2(C)CCC[C@]3(C)C1. The molecule has 0 bridgehead atoms. The minimum absolute atomic E-state index is 0.622. The molecule has 3 rings (SSSR count). The lowest BCUT2D eigenvalue weighted by Gasteiger charge is -2.51. The summed E-state index contributed by atoms with van der Waals surface area (Å²) < 4.78 is 0. The van der Waals surface area contributed by atoms with Crippen molar-refractivity contribution in [3.63, 3.8) is 0 Å². The Morgan fingerprint density at radius 2 is 1.41 bits per heavy atom. The van der Waals surface area contributed by atoms with Gasteiger partial charge in [-0.2, -0.15) is 0 Å². The van der Waals surface area contributed by atoms with E-state index in [4.69, 9.17) is 0 Å². The molecule has 7 atom stereocenters. The molecule has 0 radical (unpaired) electrons. The fourth-order valence-electron chi connectivity index (χ4n) is 7.08. The monoisotopic (exact) mass is 306 g/mol. The van der Waals surface area contributed by atoms with Crippen LogP contribution >= 0.6 is 0 Å². The zero-order valence-electron chi connectivity index (χ0n) is 16.8. The maximum Gasteiger partial charge on any atom is -0.0156 e. The van der Waals surface area contributed by atoms with Crippen molar-refractivity contribution in [2.24, 2.45) is 39.9 Å². The van der Waals surface area contributed by atoms with Gasteiger partial charge in [-0.3, -0.25) is 0 Å². The van der Waals surface area contributed by atoms with Gasteiger partial charge in [-0.05, 0) is 65.6 Å². The maximum atomic E-state index is 2.67. The van der Waals surface area contributed by atoms with E-state index in [1.807, 2.05) is 13.8 Å². The molecule has 0 amide bonds. The van der Waals surface area contributed by atoms with Gasteiger partial charge in [0, 0.05) is 0 Å². The Morgan fingerprint density at radius 3 is 2.05 bits per heavy atom. The molecule has 3 saturated carbocycles. The molecule has 1 spiro atoms. The van der Waals surface area contributed by atoms with Crippen LogP contribution in [0.3, 0.4) is 0 Å². The van der Waals surface area contributed by atoms with E-state index in [2.05, 4.69) is 41.5 Å². The second-order valence-electron chi connectivity index (χ2n) is 9.63. The highest BCUT2D eigenvalue weighted by Crippen LogP contribution is 2.82. The zero-order valence-corrected chi connectivity index (χ0v) is 16.8. The maximum absolute atomic E-state index is 2.67. The summed E-state index contributed by atoms with van der Waals surface area (Å²) in [6, 6.07) is 0. The summed E-state index contributed by atoms with van der Waals surface area (Å²) in [6.07, 6.45) is 10.4. The summed E-state index contributed by atoms with van der Waals surface area (Å²) in [5.41, 5.74) is 1.97. The smallest absolute Gasteiger partial charge is 0.0156 e. The van der Waals surface area contributed by atoms with Crippen LogP contribution in [0.1, 0.15) is 100 Å². The topological polar surface area (TPSA) is 0 Å². The summed E-state index contributed by atoms with van der Waals surface area (Å²) in [7, 11) is 0. The molecule has 0 aliphatic heterocycles. The normalized spacial score (nSPS) is 54.5. The van der Waals surface area contributed by atoms with Gasteiger partial charge in [-0.25, -0.2) is 0 Å². The van der Waals surface area contributed by atoms with Crippen LogP contribution in [0.25, 0.3) is 0 Å². The first-order chi connectivity index (χ1) is 10.3. The Morgan fingerprint density at radius 1 is 0.818 bits per heavy atom. The summed E-state index contributed by atoms with van der Waals surface area (Å²) in [4.78, 5) is 0. The Bertz CT molecular complexity index is 385. The molecule has 0 aromatic heterocycles. The molecule has 0 nitrogen and oxygen atoms in total. The summed E-state index contributed by atoms with van der Waals surface area (Å²) in [5, 5.41) is 0. The highest BCUT2D eigenvalue weighted by molar-refractivity contribution is 5.23. The Labute approximate surface area is 140 Å². The van der Waals surface area contributed by atoms with Gasteiger partial charge in [0.05, 0.1) is 0 Å². The largest absolute Gasteiger partial charge is 0.0683 e. The minimum Gasteiger partial charge on any atom is -0.0683 e. The molecule has 0 heterocycles. The van der Waals surface area contributed by atoms with Gasteiger partial charge < -0.3 is 0 Å². The van der Waals surface area contributed by atoms with E-state index in [1.54, 1.807) is 0 Å². The van der Waals surface area contributed by atoms with Gasteiger partial charge in [0.25, 0.3) is 0 Å². The van der Waals surface area contributed by atoms with E-state index in [9.17, 15) is 0 Å². The predicted molar refractivity (Wildman–Crippen MR) is 99.0 cm³/mol. The van der Waals surface area contributed by atoms with Crippen LogP contribution in [0.4, 0.5) is 0 Å². The summed E-state index contributed by atoms with van der Waals surface area (Å²) >= 11 is 0. The van der Waals surface area contributed by atoms with E-state index in [0.29, 0.717) is 16.2 Å². The van der Waals surface area contributed by atoms with Crippen LogP contribution in [0.15, 0.2) is 0 Å². The Balaban J connectivity index is 0.000000847. The van der Waals surface area contributed by atoms with Gasteiger partial charge in [-0.15, -0.1) is 0 Å². The lowest BCUT2D eigenvalue weighted by Crippen LogP contribution is -2.44. The Hall–Kier alpha value is 0. The molecule has 0 heteroatoms. The van der Waals surface area contributed by atoms with E-state index in [-0.39, 0.29) is 0 Å². The fraction of sp³-hybridized carbons (Fsp3) is 1.00. The first-order valence-corrected chi connectivity index (χ1v) is 10.3. The molecule has 3 aliphatic rings.